The molecular weight excluding hydrogens is 244 g/mol. The van der Waals surface area contributed by atoms with Gasteiger partial charge < -0.3 is 14.8 Å². The predicted octanol–water partition coefficient (Wildman–Crippen LogP) is 2.44. The van der Waals surface area contributed by atoms with Gasteiger partial charge in [0.05, 0.1) is 12.3 Å². The van der Waals surface area contributed by atoms with Gasteiger partial charge in [0, 0.05) is 17.7 Å². The summed E-state index contributed by atoms with van der Waals surface area (Å²) in [5.74, 6) is 0.584. The van der Waals surface area contributed by atoms with Gasteiger partial charge in [0.1, 0.15) is 0 Å². The van der Waals surface area contributed by atoms with Crippen molar-refractivity contribution in [3.05, 3.63) is 36.9 Å². The number of anilines is 1. The number of oxazole rings is 1. The molecule has 0 aliphatic rings. The Labute approximate surface area is 111 Å². The van der Waals surface area contributed by atoms with Gasteiger partial charge in [-0.05, 0) is 37.6 Å². The molecule has 1 aromatic heterocycles. The van der Waals surface area contributed by atoms with Gasteiger partial charge in [-0.25, -0.2) is 4.98 Å². The molecule has 1 atom stereocenters. The maximum atomic E-state index is 11.6. The fraction of sp³-hybridized carbons (Fsp3) is 0.286. The zero-order valence-electron chi connectivity index (χ0n) is 10.7. The number of aliphatic hydroxyl groups excluding tert-OH is 1. The van der Waals surface area contributed by atoms with Gasteiger partial charge >= 0.3 is 0 Å². The molecule has 1 heterocycles. The summed E-state index contributed by atoms with van der Waals surface area (Å²) in [6.07, 6.45) is 3.32. The summed E-state index contributed by atoms with van der Waals surface area (Å²) in [5.41, 5.74) is 1.62. The van der Waals surface area contributed by atoms with Gasteiger partial charge in [0.25, 0.3) is 0 Å². The van der Waals surface area contributed by atoms with Crippen molar-refractivity contribution < 1.29 is 14.3 Å². The number of amides is 1. The van der Waals surface area contributed by atoms with Crippen LogP contribution < -0.4 is 5.32 Å². The lowest BCUT2D eigenvalue weighted by molar-refractivity contribution is -0.116. The third-order valence-corrected chi connectivity index (χ3v) is 2.67. The number of hydrogen-bond acceptors (Lipinski definition) is 4. The summed E-state index contributed by atoms with van der Waals surface area (Å²) in [5, 5.41) is 11.9. The minimum absolute atomic E-state index is 0.103. The second kappa shape index (κ2) is 6.15. The summed E-state index contributed by atoms with van der Waals surface area (Å²) in [6.45, 7) is 1.67. The summed E-state index contributed by atoms with van der Waals surface area (Å²) in [4.78, 5) is 15.4. The van der Waals surface area contributed by atoms with E-state index in [2.05, 4.69) is 10.3 Å². The average molecular weight is 260 g/mol. The zero-order chi connectivity index (χ0) is 13.7. The van der Waals surface area contributed by atoms with Crippen molar-refractivity contribution in [1.29, 1.82) is 0 Å². The van der Waals surface area contributed by atoms with Crippen molar-refractivity contribution in [2.24, 2.45) is 0 Å². The molecule has 1 aromatic carbocycles. The van der Waals surface area contributed by atoms with Gasteiger partial charge in [0.15, 0.2) is 12.2 Å². The normalized spacial score (nSPS) is 12.1. The molecule has 0 fully saturated rings. The Morgan fingerprint density at radius 3 is 2.74 bits per heavy atom. The molecule has 1 unspecified atom stereocenters. The molecule has 2 rings (SSSR count). The van der Waals surface area contributed by atoms with Crippen LogP contribution in [0.3, 0.4) is 0 Å². The molecule has 19 heavy (non-hydrogen) atoms. The second-order valence-electron chi connectivity index (χ2n) is 4.38. The highest BCUT2D eigenvalue weighted by Crippen LogP contribution is 2.20. The number of hydrogen-bond donors (Lipinski definition) is 2. The second-order valence-corrected chi connectivity index (χ2v) is 4.38. The van der Waals surface area contributed by atoms with Crippen molar-refractivity contribution in [2.45, 2.75) is 25.9 Å². The minimum atomic E-state index is -0.459. The molecule has 0 saturated heterocycles. The average Bonchev–Trinajstić information content (AvgIpc) is 2.91. The SMILES string of the molecule is CC(O)CCC(=O)Nc1ccc(-c2cnco2)cc1. The fourth-order valence-electron chi connectivity index (χ4n) is 1.64. The Kier molecular flexibility index (Phi) is 4.30. The van der Waals surface area contributed by atoms with Crippen molar-refractivity contribution in [2.75, 3.05) is 5.32 Å². The van der Waals surface area contributed by atoms with E-state index < -0.39 is 6.10 Å². The van der Waals surface area contributed by atoms with E-state index in [9.17, 15) is 4.79 Å². The van der Waals surface area contributed by atoms with Crippen LogP contribution in [-0.2, 0) is 4.79 Å². The standard InChI is InChI=1S/C14H16N2O3/c1-10(17)2-7-14(18)16-12-5-3-11(4-6-12)13-8-15-9-19-13/h3-6,8-10,17H,2,7H2,1H3,(H,16,18). The van der Waals surface area contributed by atoms with Crippen molar-refractivity contribution >= 4 is 11.6 Å². The Morgan fingerprint density at radius 2 is 2.16 bits per heavy atom. The van der Waals surface area contributed by atoms with Gasteiger partial charge in [-0.15, -0.1) is 0 Å². The van der Waals surface area contributed by atoms with Gasteiger partial charge in [-0.3, -0.25) is 4.79 Å². The number of rotatable bonds is 5. The van der Waals surface area contributed by atoms with Crippen molar-refractivity contribution in [3.63, 3.8) is 0 Å². The van der Waals surface area contributed by atoms with Crippen LogP contribution in [0.25, 0.3) is 11.3 Å². The Morgan fingerprint density at radius 1 is 1.42 bits per heavy atom. The lowest BCUT2D eigenvalue weighted by atomic mass is 10.1. The molecule has 1 amide bonds. The Bertz CT molecular complexity index is 518. The Balaban J connectivity index is 1.94. The number of benzene rings is 1. The number of carbonyl (C=O) groups is 1. The largest absolute Gasteiger partial charge is 0.444 e. The highest BCUT2D eigenvalue weighted by molar-refractivity contribution is 5.90. The topological polar surface area (TPSA) is 75.4 Å². The number of nitrogens with one attached hydrogen (secondary N) is 1. The molecular formula is C14H16N2O3. The highest BCUT2D eigenvalue weighted by Gasteiger charge is 2.06. The van der Waals surface area contributed by atoms with E-state index in [1.54, 1.807) is 25.3 Å². The number of nitrogens with zero attached hydrogens (tertiary/aromatic N) is 1. The lowest BCUT2D eigenvalue weighted by Gasteiger charge is -2.07. The lowest BCUT2D eigenvalue weighted by Crippen LogP contribution is -2.13. The first kappa shape index (κ1) is 13.3. The number of carbonyl (C=O) groups excluding carboxylic acids is 1. The van der Waals surface area contributed by atoms with Crippen LogP contribution >= 0.6 is 0 Å². The molecule has 5 nitrogen and oxygen atoms in total. The van der Waals surface area contributed by atoms with Crippen LogP contribution in [-0.4, -0.2) is 22.1 Å². The molecule has 0 saturated carbocycles. The molecule has 2 aromatic rings. The van der Waals surface area contributed by atoms with E-state index in [4.69, 9.17) is 9.52 Å². The quantitative estimate of drug-likeness (QED) is 0.865. The molecule has 0 aliphatic carbocycles. The van der Waals surface area contributed by atoms with Crippen LogP contribution in [0, 0.1) is 0 Å². The van der Waals surface area contributed by atoms with Crippen LogP contribution in [0.4, 0.5) is 5.69 Å². The summed E-state index contributed by atoms with van der Waals surface area (Å²) in [7, 11) is 0. The van der Waals surface area contributed by atoms with Gasteiger partial charge in [-0.2, -0.15) is 0 Å². The van der Waals surface area contributed by atoms with Crippen LogP contribution in [0.15, 0.2) is 41.3 Å². The third-order valence-electron chi connectivity index (χ3n) is 2.67. The smallest absolute Gasteiger partial charge is 0.224 e. The van der Waals surface area contributed by atoms with Gasteiger partial charge in [-0.1, -0.05) is 0 Å². The first-order chi connectivity index (χ1) is 9.15. The van der Waals surface area contributed by atoms with E-state index in [0.29, 0.717) is 18.6 Å². The maximum absolute atomic E-state index is 11.6. The fourth-order valence-corrected chi connectivity index (χ4v) is 1.64. The highest BCUT2D eigenvalue weighted by atomic mass is 16.3. The number of aliphatic hydroxyl groups is 1. The van der Waals surface area contributed by atoms with E-state index in [1.807, 2.05) is 12.1 Å². The predicted molar refractivity (Wildman–Crippen MR) is 71.5 cm³/mol. The minimum Gasteiger partial charge on any atom is -0.444 e. The molecule has 0 spiro atoms. The van der Waals surface area contributed by atoms with Crippen LogP contribution in [0.2, 0.25) is 0 Å². The van der Waals surface area contributed by atoms with E-state index >= 15 is 0 Å². The molecule has 0 aliphatic heterocycles. The molecule has 100 valence electrons. The maximum Gasteiger partial charge on any atom is 0.224 e. The molecule has 5 heteroatoms. The Hall–Kier alpha value is -2.14. The van der Waals surface area contributed by atoms with E-state index in [-0.39, 0.29) is 5.91 Å². The zero-order valence-corrected chi connectivity index (χ0v) is 10.7. The molecule has 2 N–H and O–H groups in total. The monoisotopic (exact) mass is 260 g/mol. The summed E-state index contributed by atoms with van der Waals surface area (Å²) < 4.78 is 5.18. The van der Waals surface area contributed by atoms with E-state index in [0.717, 1.165) is 11.3 Å². The van der Waals surface area contributed by atoms with Gasteiger partial charge in [0.2, 0.25) is 5.91 Å². The van der Waals surface area contributed by atoms with Crippen LogP contribution in [0.1, 0.15) is 19.8 Å². The first-order valence-electron chi connectivity index (χ1n) is 6.12. The van der Waals surface area contributed by atoms with E-state index in [1.165, 1.54) is 6.39 Å². The van der Waals surface area contributed by atoms with Crippen molar-refractivity contribution in [3.8, 4) is 11.3 Å². The van der Waals surface area contributed by atoms with Crippen molar-refractivity contribution in [1.82, 2.24) is 4.98 Å². The first-order valence-corrected chi connectivity index (χ1v) is 6.12. The third kappa shape index (κ3) is 3.93. The summed E-state index contributed by atoms with van der Waals surface area (Å²) in [6, 6.07) is 7.31. The molecule has 0 radical (unpaired) electrons. The molecule has 0 bridgehead atoms. The number of aromatic nitrogens is 1. The van der Waals surface area contributed by atoms with Crippen LogP contribution in [0.5, 0.6) is 0 Å². The summed E-state index contributed by atoms with van der Waals surface area (Å²) >= 11 is 0.